The molecule has 1 heterocycles. The molecule has 4 heteroatoms. The van der Waals surface area contributed by atoms with Crippen LogP contribution in [0.3, 0.4) is 0 Å². The third-order valence-electron chi connectivity index (χ3n) is 3.70. The Morgan fingerprint density at radius 2 is 1.90 bits per heavy atom. The van der Waals surface area contributed by atoms with E-state index in [4.69, 9.17) is 4.74 Å². The number of aromatic nitrogens is 2. The maximum Gasteiger partial charge on any atom is 0.338 e. The van der Waals surface area contributed by atoms with Crippen molar-refractivity contribution < 1.29 is 9.53 Å². The molecule has 0 saturated carbocycles. The van der Waals surface area contributed by atoms with Crippen LogP contribution in [-0.4, -0.2) is 22.9 Å². The summed E-state index contributed by atoms with van der Waals surface area (Å²) in [5.74, 6) is -0.340. The Bertz CT molecular complexity index is 778. The number of fused-ring (bicyclic) bond motifs is 1. The standard InChI is InChI=1S/C17H16N2O2/c1-12(13-7-4-3-5-8-13)19-16-10-6-9-14(17(20)21-2)15(16)11-18-19/h3-12H,1-2H3. The lowest BCUT2D eigenvalue weighted by Gasteiger charge is -2.14. The van der Waals surface area contributed by atoms with Crippen molar-refractivity contribution in [2.24, 2.45) is 0 Å². The highest BCUT2D eigenvalue weighted by molar-refractivity contribution is 6.03. The molecule has 0 aliphatic rings. The van der Waals surface area contributed by atoms with Crippen molar-refractivity contribution in [1.29, 1.82) is 0 Å². The molecule has 1 unspecified atom stereocenters. The third kappa shape index (κ3) is 2.29. The van der Waals surface area contributed by atoms with Gasteiger partial charge in [0, 0.05) is 5.39 Å². The Morgan fingerprint density at radius 3 is 2.62 bits per heavy atom. The molecule has 0 bridgehead atoms. The van der Waals surface area contributed by atoms with Crippen molar-refractivity contribution in [3.8, 4) is 0 Å². The molecule has 1 atom stereocenters. The number of hydrogen-bond donors (Lipinski definition) is 0. The van der Waals surface area contributed by atoms with E-state index in [9.17, 15) is 4.79 Å². The largest absolute Gasteiger partial charge is 0.465 e. The fourth-order valence-electron chi connectivity index (χ4n) is 2.54. The summed E-state index contributed by atoms with van der Waals surface area (Å²) in [4.78, 5) is 11.8. The summed E-state index contributed by atoms with van der Waals surface area (Å²) in [5.41, 5.74) is 2.64. The first-order chi connectivity index (χ1) is 10.2. The van der Waals surface area contributed by atoms with E-state index in [-0.39, 0.29) is 12.0 Å². The van der Waals surface area contributed by atoms with E-state index in [2.05, 4.69) is 24.2 Å². The molecule has 1 aromatic heterocycles. The highest BCUT2D eigenvalue weighted by Gasteiger charge is 2.16. The minimum absolute atomic E-state index is 0.0941. The molecular weight excluding hydrogens is 264 g/mol. The van der Waals surface area contributed by atoms with E-state index in [1.807, 2.05) is 35.0 Å². The number of carbonyl (C=O) groups is 1. The summed E-state index contributed by atoms with van der Waals surface area (Å²) in [6, 6.07) is 15.8. The number of hydrogen-bond acceptors (Lipinski definition) is 3. The van der Waals surface area contributed by atoms with Crippen LogP contribution in [0.15, 0.2) is 54.7 Å². The van der Waals surface area contributed by atoms with Gasteiger partial charge in [0.2, 0.25) is 0 Å². The molecule has 0 fully saturated rings. The summed E-state index contributed by atoms with van der Waals surface area (Å²) in [7, 11) is 1.39. The predicted molar refractivity (Wildman–Crippen MR) is 81.3 cm³/mol. The van der Waals surface area contributed by atoms with Crippen molar-refractivity contribution in [3.05, 3.63) is 65.9 Å². The molecule has 0 saturated heterocycles. The fraction of sp³-hybridized carbons (Fsp3) is 0.176. The normalized spacial score (nSPS) is 12.3. The molecule has 106 valence electrons. The number of rotatable bonds is 3. The Balaban J connectivity index is 2.11. The summed E-state index contributed by atoms with van der Waals surface area (Å²) in [6.45, 7) is 2.09. The molecule has 21 heavy (non-hydrogen) atoms. The van der Waals surface area contributed by atoms with Crippen LogP contribution >= 0.6 is 0 Å². The highest BCUT2D eigenvalue weighted by atomic mass is 16.5. The van der Waals surface area contributed by atoms with Gasteiger partial charge in [-0.15, -0.1) is 0 Å². The van der Waals surface area contributed by atoms with Crippen LogP contribution in [0.25, 0.3) is 10.9 Å². The summed E-state index contributed by atoms with van der Waals surface area (Å²) < 4.78 is 6.75. The van der Waals surface area contributed by atoms with Crippen molar-refractivity contribution in [3.63, 3.8) is 0 Å². The molecule has 2 aromatic carbocycles. The van der Waals surface area contributed by atoms with Crippen LogP contribution in [0.5, 0.6) is 0 Å². The van der Waals surface area contributed by atoms with E-state index in [1.165, 1.54) is 12.7 Å². The van der Waals surface area contributed by atoms with Crippen LogP contribution in [-0.2, 0) is 4.74 Å². The van der Waals surface area contributed by atoms with E-state index >= 15 is 0 Å². The average Bonchev–Trinajstić information content (AvgIpc) is 2.98. The maximum absolute atomic E-state index is 11.8. The first kappa shape index (κ1) is 13.4. The number of nitrogens with zero attached hydrogens (tertiary/aromatic N) is 2. The Labute approximate surface area is 123 Å². The lowest BCUT2D eigenvalue weighted by Crippen LogP contribution is -2.08. The van der Waals surface area contributed by atoms with Crippen LogP contribution in [0, 0.1) is 0 Å². The Hall–Kier alpha value is -2.62. The van der Waals surface area contributed by atoms with E-state index in [1.54, 1.807) is 12.3 Å². The van der Waals surface area contributed by atoms with E-state index in [0.717, 1.165) is 10.9 Å². The van der Waals surface area contributed by atoms with E-state index < -0.39 is 0 Å². The zero-order valence-corrected chi connectivity index (χ0v) is 12.0. The van der Waals surface area contributed by atoms with Crippen molar-refractivity contribution in [1.82, 2.24) is 9.78 Å². The monoisotopic (exact) mass is 280 g/mol. The molecule has 0 amide bonds. The molecular formula is C17H16N2O2. The second kappa shape index (κ2) is 5.40. The van der Waals surface area contributed by atoms with Gasteiger partial charge >= 0.3 is 5.97 Å². The number of methoxy groups -OCH3 is 1. The highest BCUT2D eigenvalue weighted by Crippen LogP contribution is 2.25. The van der Waals surface area contributed by atoms with Crippen molar-refractivity contribution >= 4 is 16.9 Å². The zero-order valence-electron chi connectivity index (χ0n) is 12.0. The lowest BCUT2D eigenvalue weighted by atomic mass is 10.1. The van der Waals surface area contributed by atoms with Gasteiger partial charge in [0.15, 0.2) is 0 Å². The van der Waals surface area contributed by atoms with Gasteiger partial charge in [0.05, 0.1) is 30.4 Å². The molecule has 0 N–H and O–H groups in total. The van der Waals surface area contributed by atoms with Gasteiger partial charge in [0.1, 0.15) is 0 Å². The smallest absolute Gasteiger partial charge is 0.338 e. The second-order valence-corrected chi connectivity index (χ2v) is 4.91. The number of carbonyl (C=O) groups excluding carboxylic acids is 1. The maximum atomic E-state index is 11.8. The van der Waals surface area contributed by atoms with Gasteiger partial charge < -0.3 is 4.74 Å². The first-order valence-corrected chi connectivity index (χ1v) is 6.82. The number of benzene rings is 2. The Kier molecular flexibility index (Phi) is 3.44. The number of esters is 1. The van der Waals surface area contributed by atoms with Gasteiger partial charge in [-0.05, 0) is 24.6 Å². The summed E-state index contributed by atoms with van der Waals surface area (Å²) in [6.07, 6.45) is 1.72. The molecule has 4 nitrogen and oxygen atoms in total. The quantitative estimate of drug-likeness (QED) is 0.690. The van der Waals surface area contributed by atoms with Gasteiger partial charge in [-0.3, -0.25) is 4.68 Å². The summed E-state index contributed by atoms with van der Waals surface area (Å²) in [5, 5.41) is 5.27. The molecule has 0 radical (unpaired) electrons. The minimum Gasteiger partial charge on any atom is -0.465 e. The topological polar surface area (TPSA) is 44.1 Å². The molecule has 0 aliphatic carbocycles. The molecule has 3 aromatic rings. The molecule has 0 aliphatic heterocycles. The van der Waals surface area contributed by atoms with Crippen LogP contribution in [0.4, 0.5) is 0 Å². The fourth-order valence-corrected chi connectivity index (χ4v) is 2.54. The van der Waals surface area contributed by atoms with Crippen LogP contribution < -0.4 is 0 Å². The lowest BCUT2D eigenvalue weighted by molar-refractivity contribution is 0.0603. The van der Waals surface area contributed by atoms with Gasteiger partial charge in [-0.25, -0.2) is 4.79 Å². The van der Waals surface area contributed by atoms with Gasteiger partial charge in [-0.1, -0.05) is 36.4 Å². The van der Waals surface area contributed by atoms with Crippen molar-refractivity contribution in [2.45, 2.75) is 13.0 Å². The van der Waals surface area contributed by atoms with Crippen LogP contribution in [0.2, 0.25) is 0 Å². The van der Waals surface area contributed by atoms with Crippen molar-refractivity contribution in [2.75, 3.05) is 7.11 Å². The second-order valence-electron chi connectivity index (χ2n) is 4.91. The average molecular weight is 280 g/mol. The van der Waals surface area contributed by atoms with Gasteiger partial charge in [0.25, 0.3) is 0 Å². The van der Waals surface area contributed by atoms with Gasteiger partial charge in [-0.2, -0.15) is 5.10 Å². The zero-order chi connectivity index (χ0) is 14.8. The van der Waals surface area contributed by atoms with Crippen LogP contribution in [0.1, 0.15) is 28.9 Å². The summed E-state index contributed by atoms with van der Waals surface area (Å²) >= 11 is 0. The Morgan fingerprint density at radius 1 is 1.14 bits per heavy atom. The SMILES string of the molecule is COC(=O)c1cccc2c1cnn2C(C)c1ccccc1. The van der Waals surface area contributed by atoms with E-state index in [0.29, 0.717) is 5.56 Å². The minimum atomic E-state index is -0.340. The predicted octanol–water partition coefficient (Wildman–Crippen LogP) is 3.43. The number of ether oxygens (including phenoxy) is 1. The molecule has 3 rings (SSSR count). The first-order valence-electron chi connectivity index (χ1n) is 6.82. The third-order valence-corrected chi connectivity index (χ3v) is 3.70. The molecule has 0 spiro atoms.